The van der Waals surface area contributed by atoms with Gasteiger partial charge in [-0.2, -0.15) is 4.98 Å². The van der Waals surface area contributed by atoms with E-state index in [4.69, 9.17) is 0 Å². The number of H-pyrrole nitrogens is 1. The molecule has 2 aromatic carbocycles. The highest BCUT2D eigenvalue weighted by Gasteiger charge is 2.24. The fourth-order valence-corrected chi connectivity index (χ4v) is 5.44. The van der Waals surface area contributed by atoms with Crippen molar-refractivity contribution >= 4 is 27.7 Å². The SMILES string of the molecule is Cc1c(C)c(C)c(S(=O)(=O)Nc2nc(SCc3ccccc3)n[nH]2)c(C)c1C. The van der Waals surface area contributed by atoms with Crippen LogP contribution in [0.15, 0.2) is 40.4 Å². The molecule has 0 atom stereocenters. The number of hydrogen-bond donors (Lipinski definition) is 2. The highest BCUT2D eigenvalue weighted by molar-refractivity contribution is 7.98. The summed E-state index contributed by atoms with van der Waals surface area (Å²) >= 11 is 1.44. The van der Waals surface area contributed by atoms with Crippen LogP contribution in [0.4, 0.5) is 5.95 Å². The number of sulfonamides is 1. The summed E-state index contributed by atoms with van der Waals surface area (Å²) in [6.45, 7) is 9.59. The van der Waals surface area contributed by atoms with Crippen molar-refractivity contribution in [1.29, 1.82) is 0 Å². The first-order valence-electron chi connectivity index (χ1n) is 8.89. The first-order chi connectivity index (χ1) is 13.2. The van der Waals surface area contributed by atoms with Crippen molar-refractivity contribution in [2.45, 2.75) is 50.4 Å². The van der Waals surface area contributed by atoms with Gasteiger partial charge in [-0.25, -0.2) is 18.2 Å². The lowest BCUT2D eigenvalue weighted by atomic mass is 9.95. The molecule has 0 aliphatic heterocycles. The number of thioether (sulfide) groups is 1. The summed E-state index contributed by atoms with van der Waals surface area (Å²) in [7, 11) is -3.78. The number of rotatable bonds is 6. The van der Waals surface area contributed by atoms with Crippen LogP contribution in [-0.2, 0) is 15.8 Å². The number of anilines is 1. The minimum absolute atomic E-state index is 0.116. The fraction of sp³-hybridized carbons (Fsp3) is 0.300. The Morgan fingerprint density at radius 2 is 1.50 bits per heavy atom. The van der Waals surface area contributed by atoms with Gasteiger partial charge in [0.25, 0.3) is 10.0 Å². The van der Waals surface area contributed by atoms with Gasteiger partial charge in [-0.15, -0.1) is 5.10 Å². The Hall–Kier alpha value is -2.32. The van der Waals surface area contributed by atoms with Gasteiger partial charge >= 0.3 is 0 Å². The van der Waals surface area contributed by atoms with Gasteiger partial charge in [-0.3, -0.25) is 0 Å². The number of hydrogen-bond acceptors (Lipinski definition) is 5. The van der Waals surface area contributed by atoms with Gasteiger partial charge in [-0.05, 0) is 68.0 Å². The zero-order valence-electron chi connectivity index (χ0n) is 16.6. The molecule has 0 unspecified atom stereocenters. The van der Waals surface area contributed by atoms with Gasteiger partial charge in [0.2, 0.25) is 11.1 Å². The second-order valence-electron chi connectivity index (χ2n) is 6.80. The molecule has 0 spiro atoms. The highest BCUT2D eigenvalue weighted by Crippen LogP contribution is 2.30. The first kappa shape index (κ1) is 20.4. The molecule has 0 saturated heterocycles. The maximum Gasteiger partial charge on any atom is 0.264 e. The van der Waals surface area contributed by atoms with Gasteiger partial charge in [0.1, 0.15) is 0 Å². The molecular weight excluding hydrogens is 392 g/mol. The number of benzene rings is 2. The summed E-state index contributed by atoms with van der Waals surface area (Å²) in [5, 5.41) is 7.27. The molecule has 0 aliphatic rings. The number of aromatic amines is 1. The Morgan fingerprint density at radius 3 is 2.11 bits per heavy atom. The smallest absolute Gasteiger partial charge is 0.248 e. The topological polar surface area (TPSA) is 87.7 Å². The van der Waals surface area contributed by atoms with E-state index in [0.29, 0.717) is 15.8 Å². The average molecular weight is 417 g/mol. The third-order valence-electron chi connectivity index (χ3n) is 5.11. The minimum Gasteiger partial charge on any atom is -0.248 e. The second kappa shape index (κ2) is 7.97. The zero-order valence-corrected chi connectivity index (χ0v) is 18.3. The van der Waals surface area contributed by atoms with E-state index in [1.807, 2.05) is 65.0 Å². The molecule has 0 radical (unpaired) electrons. The highest BCUT2D eigenvalue weighted by atomic mass is 32.2. The summed E-state index contributed by atoms with van der Waals surface area (Å²) in [5.41, 5.74) is 5.75. The van der Waals surface area contributed by atoms with Crippen molar-refractivity contribution in [2.24, 2.45) is 0 Å². The van der Waals surface area contributed by atoms with Crippen molar-refractivity contribution in [1.82, 2.24) is 15.2 Å². The third-order valence-corrected chi connectivity index (χ3v) is 7.64. The number of nitrogens with one attached hydrogen (secondary N) is 2. The van der Waals surface area contributed by atoms with Crippen LogP contribution in [0.5, 0.6) is 0 Å². The van der Waals surface area contributed by atoms with Crippen LogP contribution in [0.3, 0.4) is 0 Å². The largest absolute Gasteiger partial charge is 0.264 e. The lowest BCUT2D eigenvalue weighted by molar-refractivity contribution is 0.599. The Morgan fingerprint density at radius 1 is 0.929 bits per heavy atom. The molecule has 148 valence electrons. The number of aromatic nitrogens is 3. The second-order valence-corrected chi connectivity index (χ2v) is 9.36. The predicted octanol–water partition coefficient (Wildman–Crippen LogP) is 4.44. The summed E-state index contributed by atoms with van der Waals surface area (Å²) in [4.78, 5) is 4.57. The molecule has 3 rings (SSSR count). The standard InChI is InChI=1S/C20H24N4O2S2/c1-12-13(2)15(4)18(16(5)14(12)3)28(25,26)24-19-21-20(23-22-19)27-11-17-9-7-6-8-10-17/h6-10H,11H2,1-5H3,(H2,21,22,23,24). The van der Waals surface area contributed by atoms with Crippen molar-refractivity contribution in [3.8, 4) is 0 Å². The average Bonchev–Trinajstić information content (AvgIpc) is 3.10. The Bertz CT molecular complexity index is 1080. The molecule has 28 heavy (non-hydrogen) atoms. The molecule has 0 amide bonds. The molecule has 6 nitrogen and oxygen atoms in total. The van der Waals surface area contributed by atoms with Gasteiger partial charge < -0.3 is 0 Å². The number of nitrogens with zero attached hydrogens (tertiary/aromatic N) is 2. The maximum absolute atomic E-state index is 13.0. The molecule has 0 bridgehead atoms. The van der Waals surface area contributed by atoms with Crippen LogP contribution in [-0.4, -0.2) is 23.6 Å². The summed E-state index contributed by atoms with van der Waals surface area (Å²) in [6.07, 6.45) is 0. The fourth-order valence-electron chi connectivity index (χ4n) is 3.13. The van der Waals surface area contributed by atoms with Gasteiger partial charge in [-0.1, -0.05) is 42.1 Å². The molecule has 0 aliphatic carbocycles. The predicted molar refractivity (Wildman–Crippen MR) is 113 cm³/mol. The lowest BCUT2D eigenvalue weighted by Gasteiger charge is -2.18. The minimum atomic E-state index is -3.78. The quantitative estimate of drug-likeness (QED) is 0.580. The van der Waals surface area contributed by atoms with Crippen LogP contribution in [0.2, 0.25) is 0 Å². The summed E-state index contributed by atoms with van der Waals surface area (Å²) in [6, 6.07) is 9.97. The van der Waals surface area contributed by atoms with Crippen LogP contribution >= 0.6 is 11.8 Å². The molecular formula is C20H24N4O2S2. The molecule has 8 heteroatoms. The monoisotopic (exact) mass is 416 g/mol. The van der Waals surface area contributed by atoms with E-state index < -0.39 is 10.0 Å². The molecule has 3 aromatic rings. The Labute approximate surface area is 170 Å². The van der Waals surface area contributed by atoms with Gasteiger partial charge in [0, 0.05) is 5.75 Å². The van der Waals surface area contributed by atoms with Gasteiger partial charge in [0.05, 0.1) is 4.90 Å². The van der Waals surface area contributed by atoms with E-state index in [2.05, 4.69) is 19.9 Å². The first-order valence-corrected chi connectivity index (χ1v) is 11.4. The molecule has 0 fully saturated rings. The van der Waals surface area contributed by atoms with E-state index in [0.717, 1.165) is 33.4 Å². The van der Waals surface area contributed by atoms with Crippen molar-refractivity contribution < 1.29 is 8.42 Å². The normalized spacial score (nSPS) is 11.6. The van der Waals surface area contributed by atoms with Crippen molar-refractivity contribution in [3.05, 3.63) is 63.7 Å². The summed E-state index contributed by atoms with van der Waals surface area (Å²) < 4.78 is 28.6. The van der Waals surface area contributed by atoms with Crippen LogP contribution in [0.25, 0.3) is 0 Å². The van der Waals surface area contributed by atoms with Crippen molar-refractivity contribution in [3.63, 3.8) is 0 Å². The van der Waals surface area contributed by atoms with E-state index >= 15 is 0 Å². The third kappa shape index (κ3) is 4.07. The molecule has 0 saturated carbocycles. The van der Waals surface area contributed by atoms with Crippen LogP contribution < -0.4 is 4.72 Å². The van der Waals surface area contributed by atoms with Crippen molar-refractivity contribution in [2.75, 3.05) is 4.72 Å². The lowest BCUT2D eigenvalue weighted by Crippen LogP contribution is -2.18. The molecule has 1 aromatic heterocycles. The van der Waals surface area contributed by atoms with E-state index in [-0.39, 0.29) is 5.95 Å². The Balaban J connectivity index is 1.82. The molecule has 1 heterocycles. The van der Waals surface area contributed by atoms with Gasteiger partial charge in [0.15, 0.2) is 0 Å². The maximum atomic E-state index is 13.0. The summed E-state index contributed by atoms with van der Waals surface area (Å²) in [5.74, 6) is 0.824. The van der Waals surface area contributed by atoms with E-state index in [1.54, 1.807) is 0 Å². The molecule has 2 N–H and O–H groups in total. The van der Waals surface area contributed by atoms with Crippen LogP contribution in [0, 0.1) is 34.6 Å². The van der Waals surface area contributed by atoms with E-state index in [9.17, 15) is 8.42 Å². The zero-order chi connectivity index (χ0) is 20.5. The van der Waals surface area contributed by atoms with Crippen LogP contribution in [0.1, 0.15) is 33.4 Å². The Kier molecular flexibility index (Phi) is 5.81. The van der Waals surface area contributed by atoms with E-state index in [1.165, 1.54) is 11.8 Å².